The van der Waals surface area contributed by atoms with Crippen molar-refractivity contribution in [2.45, 2.75) is 50.6 Å². The largest absolute Gasteiger partial charge is 0.494 e. The van der Waals surface area contributed by atoms with Crippen LogP contribution in [-0.2, 0) is 10.0 Å². The monoisotopic (exact) mass is 409 g/mol. The smallest absolute Gasteiger partial charge is 0.247 e. The zero-order valence-corrected chi connectivity index (χ0v) is 16.3. The molecule has 0 N–H and O–H groups in total. The van der Waals surface area contributed by atoms with Gasteiger partial charge in [0.05, 0.1) is 11.6 Å². The maximum absolute atomic E-state index is 13.2. The zero-order valence-electron chi connectivity index (χ0n) is 13.1. The standard InChI is InChI=1S/C15H21BrClNO3S/c1-9(2)10(3)18(12-5-6-12)22(19,20)14-8-11(17)7-13(16)15(14)21-4/h7-10,12H,5-6H2,1-4H3. The second kappa shape index (κ2) is 6.67. The Morgan fingerprint density at radius 2 is 1.91 bits per heavy atom. The summed E-state index contributed by atoms with van der Waals surface area (Å²) in [5, 5.41) is 0.360. The summed E-state index contributed by atoms with van der Waals surface area (Å²) in [4.78, 5) is 0.119. The summed E-state index contributed by atoms with van der Waals surface area (Å²) < 4.78 is 33.9. The summed E-state index contributed by atoms with van der Waals surface area (Å²) in [7, 11) is -2.22. The lowest BCUT2D eigenvalue weighted by atomic mass is 10.1. The third kappa shape index (κ3) is 3.45. The lowest BCUT2D eigenvalue weighted by molar-refractivity contribution is 0.267. The van der Waals surface area contributed by atoms with E-state index in [4.69, 9.17) is 16.3 Å². The SMILES string of the molecule is COc1c(Br)cc(Cl)cc1S(=O)(=O)N(C1CC1)C(C)C(C)C. The molecule has 0 amide bonds. The minimum absolute atomic E-state index is 0.0739. The highest BCUT2D eigenvalue weighted by molar-refractivity contribution is 9.10. The topological polar surface area (TPSA) is 46.6 Å². The minimum atomic E-state index is -3.68. The van der Waals surface area contributed by atoms with E-state index in [-0.39, 0.29) is 22.9 Å². The third-order valence-electron chi connectivity index (χ3n) is 4.01. The van der Waals surface area contributed by atoms with E-state index < -0.39 is 10.0 Å². The Morgan fingerprint density at radius 1 is 1.32 bits per heavy atom. The average molecular weight is 411 g/mol. The van der Waals surface area contributed by atoms with E-state index in [0.29, 0.717) is 15.2 Å². The lowest BCUT2D eigenvalue weighted by Crippen LogP contribution is -2.43. The molecule has 0 aliphatic heterocycles. The van der Waals surface area contributed by atoms with E-state index in [9.17, 15) is 8.42 Å². The Labute approximate surface area is 146 Å². The average Bonchev–Trinajstić information content (AvgIpc) is 3.22. The van der Waals surface area contributed by atoms with Gasteiger partial charge in [0, 0.05) is 17.1 Å². The molecule has 2 rings (SSSR count). The summed E-state index contributed by atoms with van der Waals surface area (Å²) in [5.74, 6) is 0.523. The number of ether oxygens (including phenoxy) is 1. The number of rotatable bonds is 6. The van der Waals surface area contributed by atoms with Crippen molar-refractivity contribution in [1.82, 2.24) is 4.31 Å². The van der Waals surface area contributed by atoms with Gasteiger partial charge >= 0.3 is 0 Å². The molecule has 4 nitrogen and oxygen atoms in total. The molecule has 1 aromatic carbocycles. The Balaban J connectivity index is 2.58. The second-order valence-electron chi connectivity index (χ2n) is 5.97. The van der Waals surface area contributed by atoms with Crippen molar-refractivity contribution in [1.29, 1.82) is 0 Å². The van der Waals surface area contributed by atoms with Gasteiger partial charge in [-0.2, -0.15) is 4.31 Å². The van der Waals surface area contributed by atoms with Crippen molar-refractivity contribution in [3.63, 3.8) is 0 Å². The number of hydrogen-bond acceptors (Lipinski definition) is 3. The van der Waals surface area contributed by atoms with E-state index in [0.717, 1.165) is 12.8 Å². The molecule has 0 spiro atoms. The van der Waals surface area contributed by atoms with Crippen LogP contribution < -0.4 is 4.74 Å². The fraction of sp³-hybridized carbons (Fsp3) is 0.600. The van der Waals surface area contributed by atoms with E-state index in [1.54, 1.807) is 10.4 Å². The fourth-order valence-electron chi connectivity index (χ4n) is 2.41. The van der Waals surface area contributed by atoms with Crippen molar-refractivity contribution < 1.29 is 13.2 Å². The van der Waals surface area contributed by atoms with Gasteiger partial charge < -0.3 is 4.74 Å². The van der Waals surface area contributed by atoms with Crippen LogP contribution in [0, 0.1) is 5.92 Å². The number of benzene rings is 1. The highest BCUT2D eigenvalue weighted by atomic mass is 79.9. The first kappa shape index (κ1) is 18.0. The molecule has 124 valence electrons. The quantitative estimate of drug-likeness (QED) is 0.702. The van der Waals surface area contributed by atoms with Gasteiger partial charge in [-0.05, 0) is 53.7 Å². The molecule has 0 heterocycles. The molecular weight excluding hydrogens is 390 g/mol. The molecule has 1 fully saturated rings. The van der Waals surface area contributed by atoms with Crippen molar-refractivity contribution >= 4 is 37.6 Å². The molecule has 0 bridgehead atoms. The van der Waals surface area contributed by atoms with Crippen LogP contribution in [-0.4, -0.2) is 31.9 Å². The Hall–Kier alpha value is -0.300. The summed E-state index contributed by atoms with van der Waals surface area (Å²) in [6.07, 6.45) is 1.81. The van der Waals surface area contributed by atoms with Gasteiger partial charge in [0.15, 0.2) is 5.75 Å². The molecule has 1 aliphatic carbocycles. The minimum Gasteiger partial charge on any atom is -0.494 e. The van der Waals surface area contributed by atoms with Gasteiger partial charge in [-0.15, -0.1) is 0 Å². The molecule has 0 saturated heterocycles. The first-order valence-corrected chi connectivity index (χ1v) is 9.87. The fourth-order valence-corrected chi connectivity index (χ4v) is 5.79. The van der Waals surface area contributed by atoms with Gasteiger partial charge in [0.2, 0.25) is 10.0 Å². The van der Waals surface area contributed by atoms with Gasteiger partial charge in [0.1, 0.15) is 4.90 Å². The zero-order chi connectivity index (χ0) is 16.7. The lowest BCUT2D eigenvalue weighted by Gasteiger charge is -2.31. The van der Waals surface area contributed by atoms with E-state index >= 15 is 0 Å². The highest BCUT2D eigenvalue weighted by Crippen LogP contribution is 2.41. The van der Waals surface area contributed by atoms with Crippen LogP contribution in [0.5, 0.6) is 5.75 Å². The van der Waals surface area contributed by atoms with Crippen molar-refractivity contribution in [3.05, 3.63) is 21.6 Å². The summed E-state index contributed by atoms with van der Waals surface area (Å²) in [6, 6.07) is 3.08. The number of nitrogens with zero attached hydrogens (tertiary/aromatic N) is 1. The van der Waals surface area contributed by atoms with Gasteiger partial charge in [-0.3, -0.25) is 0 Å². The van der Waals surface area contributed by atoms with Crippen LogP contribution in [0.1, 0.15) is 33.6 Å². The normalized spacial score (nSPS) is 17.1. The predicted molar refractivity (Wildman–Crippen MR) is 92.1 cm³/mol. The second-order valence-corrected chi connectivity index (χ2v) is 9.07. The third-order valence-corrected chi connectivity index (χ3v) is 6.86. The van der Waals surface area contributed by atoms with Crippen LogP contribution in [0.2, 0.25) is 5.02 Å². The number of methoxy groups -OCH3 is 1. The van der Waals surface area contributed by atoms with E-state index in [1.807, 2.05) is 20.8 Å². The summed E-state index contributed by atoms with van der Waals surface area (Å²) in [6.45, 7) is 6.01. The molecule has 0 aromatic heterocycles. The Kier molecular flexibility index (Phi) is 5.47. The molecule has 1 atom stereocenters. The van der Waals surface area contributed by atoms with Crippen LogP contribution in [0.3, 0.4) is 0 Å². The van der Waals surface area contributed by atoms with Crippen LogP contribution >= 0.6 is 27.5 Å². The molecule has 1 aliphatic rings. The number of hydrogen-bond donors (Lipinski definition) is 0. The van der Waals surface area contributed by atoms with E-state index in [2.05, 4.69) is 15.9 Å². The maximum atomic E-state index is 13.2. The molecule has 0 radical (unpaired) electrons. The number of halogens is 2. The predicted octanol–water partition coefficient (Wildman–Crippen LogP) is 4.31. The first-order valence-electron chi connectivity index (χ1n) is 7.26. The van der Waals surface area contributed by atoms with Crippen molar-refractivity contribution in [2.75, 3.05) is 7.11 Å². The summed E-state index contributed by atoms with van der Waals surface area (Å²) in [5.41, 5.74) is 0. The molecular formula is C15H21BrClNO3S. The van der Waals surface area contributed by atoms with Crippen molar-refractivity contribution in [2.24, 2.45) is 5.92 Å². The molecule has 22 heavy (non-hydrogen) atoms. The highest BCUT2D eigenvalue weighted by Gasteiger charge is 2.43. The van der Waals surface area contributed by atoms with Crippen LogP contribution in [0.15, 0.2) is 21.5 Å². The number of sulfonamides is 1. The van der Waals surface area contributed by atoms with E-state index in [1.165, 1.54) is 13.2 Å². The molecule has 1 aromatic rings. The van der Waals surface area contributed by atoms with Gasteiger partial charge in [0.25, 0.3) is 0 Å². The first-order chi connectivity index (χ1) is 10.2. The summed E-state index contributed by atoms with van der Waals surface area (Å²) >= 11 is 9.38. The van der Waals surface area contributed by atoms with Crippen LogP contribution in [0.25, 0.3) is 0 Å². The molecule has 1 saturated carbocycles. The maximum Gasteiger partial charge on any atom is 0.247 e. The van der Waals surface area contributed by atoms with Gasteiger partial charge in [-0.1, -0.05) is 25.4 Å². The Bertz CT molecular complexity index is 659. The Morgan fingerprint density at radius 3 is 2.36 bits per heavy atom. The molecule has 7 heteroatoms. The van der Waals surface area contributed by atoms with Gasteiger partial charge in [-0.25, -0.2) is 8.42 Å². The molecule has 1 unspecified atom stereocenters. The van der Waals surface area contributed by atoms with Crippen LogP contribution in [0.4, 0.5) is 0 Å². The van der Waals surface area contributed by atoms with Crippen molar-refractivity contribution in [3.8, 4) is 5.75 Å².